The van der Waals surface area contributed by atoms with E-state index in [1.54, 1.807) is 0 Å². The molecule has 4 nitrogen and oxygen atoms in total. The van der Waals surface area contributed by atoms with Gasteiger partial charge in [-0.2, -0.15) is 0 Å². The molecule has 5 heteroatoms. The summed E-state index contributed by atoms with van der Waals surface area (Å²) >= 11 is 0. The molecule has 0 aromatic carbocycles. The van der Waals surface area contributed by atoms with Crippen molar-refractivity contribution in [3.05, 3.63) is 0 Å². The molecule has 0 spiro atoms. The Labute approximate surface area is 67.4 Å². The molecule has 0 atom stereocenters. The second kappa shape index (κ2) is 2.73. The number of nitrogens with zero attached hydrogens (tertiary/aromatic N) is 1. The summed E-state index contributed by atoms with van der Waals surface area (Å²) < 4.78 is 21.5. The minimum absolute atomic E-state index is 0.329. The third-order valence-electron chi connectivity index (χ3n) is 2.07. The summed E-state index contributed by atoms with van der Waals surface area (Å²) in [5.41, 5.74) is 0. The lowest BCUT2D eigenvalue weighted by Crippen LogP contribution is -2.58. The normalized spacial score (nSPS) is 22.2. The molecule has 11 heavy (non-hydrogen) atoms. The van der Waals surface area contributed by atoms with Gasteiger partial charge < -0.3 is 0 Å². The molecule has 1 rings (SSSR count). The summed E-state index contributed by atoms with van der Waals surface area (Å²) in [5, 5.41) is 4.62. The molecule has 0 aromatic rings. The highest BCUT2D eigenvalue weighted by atomic mass is 32.2. The minimum Gasteiger partial charge on any atom is -0.298 e. The lowest BCUT2D eigenvalue weighted by atomic mass is 10.1. The summed E-state index contributed by atoms with van der Waals surface area (Å²) in [6.45, 7) is 5.27. The number of rotatable bonds is 2. The average molecular weight is 178 g/mol. The molecule has 1 heterocycles. The van der Waals surface area contributed by atoms with Crippen LogP contribution in [0.15, 0.2) is 0 Å². The molecule has 0 amide bonds. The van der Waals surface area contributed by atoms with Crippen LogP contribution in [0.5, 0.6) is 0 Å². The maximum atomic E-state index is 10.7. The number of nitrogens with two attached hydrogens (primary N) is 1. The van der Waals surface area contributed by atoms with Crippen LogP contribution in [0.25, 0.3) is 0 Å². The molecule has 1 fully saturated rings. The van der Waals surface area contributed by atoms with E-state index < -0.39 is 10.0 Å². The third-order valence-corrected chi connectivity index (χ3v) is 3.30. The Balaban J connectivity index is 2.42. The second-order valence-corrected chi connectivity index (χ2v) is 5.10. The first-order valence-electron chi connectivity index (χ1n) is 3.67. The van der Waals surface area contributed by atoms with Gasteiger partial charge in [0.1, 0.15) is 5.25 Å². The van der Waals surface area contributed by atoms with Gasteiger partial charge >= 0.3 is 0 Å². The Bertz CT molecular complexity index is 229. The smallest absolute Gasteiger partial charge is 0.214 e. The van der Waals surface area contributed by atoms with Gasteiger partial charge in [-0.15, -0.1) is 0 Å². The summed E-state index contributed by atoms with van der Waals surface area (Å²) in [4.78, 5) is 2.08. The van der Waals surface area contributed by atoms with Crippen LogP contribution in [0.4, 0.5) is 0 Å². The monoisotopic (exact) mass is 178 g/mol. The number of primary sulfonamides is 1. The largest absolute Gasteiger partial charge is 0.298 e. The van der Waals surface area contributed by atoms with Gasteiger partial charge in [0, 0.05) is 19.1 Å². The Hall–Kier alpha value is -0.130. The van der Waals surface area contributed by atoms with Crippen molar-refractivity contribution in [3.63, 3.8) is 0 Å². The van der Waals surface area contributed by atoms with Gasteiger partial charge in [0.25, 0.3) is 0 Å². The summed E-state index contributed by atoms with van der Waals surface area (Å²) in [5.74, 6) is 0. The molecule has 0 saturated carbocycles. The number of sulfonamides is 1. The highest BCUT2D eigenvalue weighted by Crippen LogP contribution is 2.16. The van der Waals surface area contributed by atoms with Gasteiger partial charge in [-0.05, 0) is 13.8 Å². The van der Waals surface area contributed by atoms with Crippen molar-refractivity contribution in [2.24, 2.45) is 5.14 Å². The lowest BCUT2D eigenvalue weighted by molar-refractivity contribution is 0.142. The highest BCUT2D eigenvalue weighted by molar-refractivity contribution is 7.89. The van der Waals surface area contributed by atoms with Gasteiger partial charge in [0.05, 0.1) is 0 Å². The van der Waals surface area contributed by atoms with Crippen molar-refractivity contribution in [3.8, 4) is 0 Å². The molecule has 66 valence electrons. The van der Waals surface area contributed by atoms with Crippen LogP contribution in [-0.4, -0.2) is 37.7 Å². The molecule has 0 bridgehead atoms. The molecule has 2 N–H and O–H groups in total. The Kier molecular flexibility index (Phi) is 2.22. The molecular formula is C6H14N2O2S. The van der Waals surface area contributed by atoms with Crippen LogP contribution < -0.4 is 5.14 Å². The Morgan fingerprint density at radius 2 is 1.91 bits per heavy atom. The van der Waals surface area contributed by atoms with Crippen LogP contribution in [0.3, 0.4) is 0 Å². The highest BCUT2D eigenvalue weighted by Gasteiger charge is 2.35. The fraction of sp³-hybridized carbons (Fsp3) is 1.00. The van der Waals surface area contributed by atoms with Crippen LogP contribution in [0.1, 0.15) is 13.8 Å². The van der Waals surface area contributed by atoms with E-state index in [4.69, 9.17) is 5.14 Å². The van der Waals surface area contributed by atoms with E-state index in [9.17, 15) is 8.42 Å². The summed E-state index contributed by atoms with van der Waals surface area (Å²) in [6, 6.07) is 0.424. The molecule has 0 radical (unpaired) electrons. The fourth-order valence-electron chi connectivity index (χ4n) is 1.10. The van der Waals surface area contributed by atoms with E-state index in [0.29, 0.717) is 19.1 Å². The van der Waals surface area contributed by atoms with Crippen molar-refractivity contribution in [2.45, 2.75) is 25.1 Å². The van der Waals surface area contributed by atoms with Gasteiger partial charge in [-0.25, -0.2) is 13.6 Å². The zero-order valence-electron chi connectivity index (χ0n) is 6.82. The van der Waals surface area contributed by atoms with Crippen molar-refractivity contribution < 1.29 is 8.42 Å². The van der Waals surface area contributed by atoms with Gasteiger partial charge in [0.15, 0.2) is 0 Å². The lowest BCUT2D eigenvalue weighted by Gasteiger charge is -2.40. The zero-order valence-corrected chi connectivity index (χ0v) is 7.63. The zero-order chi connectivity index (χ0) is 8.65. The van der Waals surface area contributed by atoms with Gasteiger partial charge in [-0.1, -0.05) is 0 Å². The third kappa shape index (κ3) is 1.91. The average Bonchev–Trinajstić information content (AvgIpc) is 1.51. The Morgan fingerprint density at radius 3 is 2.18 bits per heavy atom. The van der Waals surface area contributed by atoms with Gasteiger partial charge in [-0.3, -0.25) is 4.90 Å². The van der Waals surface area contributed by atoms with Crippen molar-refractivity contribution >= 4 is 10.0 Å². The number of hydrogen-bond donors (Lipinski definition) is 1. The first kappa shape index (κ1) is 8.96. The molecular weight excluding hydrogens is 164 g/mol. The summed E-state index contributed by atoms with van der Waals surface area (Å²) in [7, 11) is -3.27. The van der Waals surface area contributed by atoms with Crippen molar-refractivity contribution in [1.29, 1.82) is 0 Å². The molecule has 0 unspecified atom stereocenters. The first-order valence-corrected chi connectivity index (χ1v) is 5.28. The molecule has 0 aliphatic carbocycles. The standard InChI is InChI=1S/C6H14N2O2S/c1-5(2)8-3-6(4-8)11(7,9)10/h5-6H,3-4H2,1-2H3,(H2,7,9,10). The van der Waals surface area contributed by atoms with E-state index >= 15 is 0 Å². The first-order chi connectivity index (χ1) is 4.91. The maximum absolute atomic E-state index is 10.7. The molecule has 1 aliphatic rings. The number of likely N-dealkylation sites (tertiary alicyclic amines) is 1. The van der Waals surface area contributed by atoms with Crippen LogP contribution in [0.2, 0.25) is 0 Å². The van der Waals surface area contributed by atoms with Crippen molar-refractivity contribution in [2.75, 3.05) is 13.1 Å². The predicted octanol–water partition coefficient (Wildman–Crippen LogP) is -0.632. The van der Waals surface area contributed by atoms with Crippen LogP contribution in [0, 0.1) is 0 Å². The Morgan fingerprint density at radius 1 is 1.45 bits per heavy atom. The maximum Gasteiger partial charge on any atom is 0.214 e. The van der Waals surface area contributed by atoms with E-state index in [1.165, 1.54) is 0 Å². The predicted molar refractivity (Wildman–Crippen MR) is 43.6 cm³/mol. The summed E-state index contributed by atoms with van der Waals surface area (Å²) in [6.07, 6.45) is 0. The number of hydrogen-bond acceptors (Lipinski definition) is 3. The quantitative estimate of drug-likeness (QED) is 0.612. The van der Waals surface area contributed by atoms with Crippen molar-refractivity contribution in [1.82, 2.24) is 4.90 Å². The van der Waals surface area contributed by atoms with E-state index in [2.05, 4.69) is 4.90 Å². The van der Waals surface area contributed by atoms with E-state index in [0.717, 1.165) is 0 Å². The van der Waals surface area contributed by atoms with E-state index in [1.807, 2.05) is 13.8 Å². The van der Waals surface area contributed by atoms with Crippen LogP contribution >= 0.6 is 0 Å². The minimum atomic E-state index is -3.27. The molecule has 0 aromatic heterocycles. The van der Waals surface area contributed by atoms with Crippen LogP contribution in [-0.2, 0) is 10.0 Å². The SMILES string of the molecule is CC(C)N1CC(S(N)(=O)=O)C1. The topological polar surface area (TPSA) is 63.4 Å². The van der Waals surface area contributed by atoms with Gasteiger partial charge in [0.2, 0.25) is 10.0 Å². The fourth-order valence-corrected chi connectivity index (χ4v) is 1.90. The molecule has 1 aliphatic heterocycles. The van der Waals surface area contributed by atoms with E-state index in [-0.39, 0.29) is 5.25 Å². The second-order valence-electron chi connectivity index (χ2n) is 3.26. The molecule has 1 saturated heterocycles.